The number of aromatic nitrogens is 1. The first-order chi connectivity index (χ1) is 8.10. The normalized spacial score (nSPS) is 25.1. The molecule has 2 unspecified atom stereocenters. The Bertz CT molecular complexity index is 387. The molecule has 2 heterocycles. The van der Waals surface area contributed by atoms with E-state index in [0.29, 0.717) is 16.9 Å². The van der Waals surface area contributed by atoms with Gasteiger partial charge in [0, 0.05) is 19.3 Å². The largest absolute Gasteiger partial charge is 0.392 e. The summed E-state index contributed by atoms with van der Waals surface area (Å²) in [7, 11) is 0. The summed E-state index contributed by atoms with van der Waals surface area (Å²) in [6, 6.07) is 1.80. The van der Waals surface area contributed by atoms with Crippen molar-refractivity contribution in [3.8, 4) is 0 Å². The van der Waals surface area contributed by atoms with E-state index in [-0.39, 0.29) is 6.61 Å². The summed E-state index contributed by atoms with van der Waals surface area (Å²) in [4.78, 5) is 6.63. The first-order valence-electron chi connectivity index (χ1n) is 6.10. The van der Waals surface area contributed by atoms with Gasteiger partial charge in [0.2, 0.25) is 0 Å². The van der Waals surface area contributed by atoms with Gasteiger partial charge in [-0.2, -0.15) is 0 Å². The lowest BCUT2D eigenvalue weighted by atomic mass is 9.92. The SMILES string of the molecule is CC1CC(C)CN(c2ncc(CO)cc2Cl)C1. The minimum absolute atomic E-state index is 0.0141. The lowest BCUT2D eigenvalue weighted by molar-refractivity contribution is 0.281. The van der Waals surface area contributed by atoms with Gasteiger partial charge in [-0.25, -0.2) is 4.98 Å². The van der Waals surface area contributed by atoms with Gasteiger partial charge in [-0.1, -0.05) is 25.4 Å². The molecule has 1 aliphatic rings. The van der Waals surface area contributed by atoms with E-state index in [0.717, 1.165) is 24.5 Å². The molecule has 1 aromatic heterocycles. The number of aliphatic hydroxyl groups is 1. The standard InChI is InChI=1S/C13H19ClN2O/c1-9-3-10(2)7-16(6-9)13-12(14)4-11(8-17)5-15-13/h4-5,9-10,17H,3,6-8H2,1-2H3. The van der Waals surface area contributed by atoms with Crippen molar-refractivity contribution in [2.75, 3.05) is 18.0 Å². The molecule has 4 heteroatoms. The van der Waals surface area contributed by atoms with E-state index in [1.165, 1.54) is 6.42 Å². The molecule has 1 aromatic rings. The summed E-state index contributed by atoms with van der Waals surface area (Å²) in [6.45, 7) is 6.53. The van der Waals surface area contributed by atoms with Crippen LogP contribution in [0.5, 0.6) is 0 Å². The summed E-state index contributed by atoms with van der Waals surface area (Å²) in [5.74, 6) is 2.20. The Morgan fingerprint density at radius 1 is 1.41 bits per heavy atom. The third-order valence-electron chi connectivity index (χ3n) is 3.23. The number of halogens is 1. The van der Waals surface area contributed by atoms with Crippen molar-refractivity contribution in [3.05, 3.63) is 22.8 Å². The predicted octanol–water partition coefficient (Wildman–Crippen LogP) is 2.71. The molecule has 0 aromatic carbocycles. The van der Waals surface area contributed by atoms with Crippen LogP contribution in [-0.2, 0) is 6.61 Å². The summed E-state index contributed by atoms with van der Waals surface area (Å²) in [5, 5.41) is 9.67. The summed E-state index contributed by atoms with van der Waals surface area (Å²) in [5.41, 5.74) is 0.761. The zero-order valence-corrected chi connectivity index (χ0v) is 11.1. The zero-order valence-electron chi connectivity index (χ0n) is 10.4. The summed E-state index contributed by atoms with van der Waals surface area (Å²) in [6.07, 6.45) is 2.97. The monoisotopic (exact) mass is 254 g/mol. The Morgan fingerprint density at radius 2 is 2.06 bits per heavy atom. The molecule has 2 atom stereocenters. The Kier molecular flexibility index (Phi) is 3.89. The Labute approximate surface area is 107 Å². The molecule has 17 heavy (non-hydrogen) atoms. The quantitative estimate of drug-likeness (QED) is 0.882. The summed E-state index contributed by atoms with van der Waals surface area (Å²) < 4.78 is 0. The van der Waals surface area contributed by atoms with E-state index in [1.807, 2.05) is 0 Å². The van der Waals surface area contributed by atoms with Gasteiger partial charge in [-0.15, -0.1) is 0 Å². The molecule has 0 amide bonds. The van der Waals surface area contributed by atoms with E-state index >= 15 is 0 Å². The number of piperidine rings is 1. The Hall–Kier alpha value is -0.800. The maximum Gasteiger partial charge on any atom is 0.147 e. The van der Waals surface area contributed by atoms with Crippen molar-refractivity contribution in [1.29, 1.82) is 0 Å². The number of anilines is 1. The van der Waals surface area contributed by atoms with Gasteiger partial charge in [-0.05, 0) is 29.9 Å². The topological polar surface area (TPSA) is 36.4 Å². The first-order valence-corrected chi connectivity index (χ1v) is 6.48. The highest BCUT2D eigenvalue weighted by Crippen LogP contribution is 2.30. The van der Waals surface area contributed by atoms with Crippen molar-refractivity contribution in [2.45, 2.75) is 26.9 Å². The first kappa shape index (κ1) is 12.7. The molecule has 1 saturated heterocycles. The highest BCUT2D eigenvalue weighted by atomic mass is 35.5. The van der Waals surface area contributed by atoms with E-state index in [1.54, 1.807) is 12.3 Å². The molecule has 1 N–H and O–H groups in total. The number of hydrogen-bond acceptors (Lipinski definition) is 3. The van der Waals surface area contributed by atoms with Crippen molar-refractivity contribution < 1.29 is 5.11 Å². The van der Waals surface area contributed by atoms with Crippen LogP contribution in [-0.4, -0.2) is 23.2 Å². The second-order valence-electron chi connectivity index (χ2n) is 5.16. The van der Waals surface area contributed by atoms with E-state index in [9.17, 15) is 0 Å². The fourth-order valence-corrected chi connectivity index (χ4v) is 2.93. The number of pyridine rings is 1. The highest BCUT2D eigenvalue weighted by Gasteiger charge is 2.24. The minimum Gasteiger partial charge on any atom is -0.392 e. The average molecular weight is 255 g/mol. The Morgan fingerprint density at radius 3 is 2.59 bits per heavy atom. The van der Waals surface area contributed by atoms with Crippen molar-refractivity contribution in [2.24, 2.45) is 11.8 Å². The zero-order chi connectivity index (χ0) is 12.4. The van der Waals surface area contributed by atoms with E-state index < -0.39 is 0 Å². The Balaban J connectivity index is 2.21. The van der Waals surface area contributed by atoms with Crippen molar-refractivity contribution in [3.63, 3.8) is 0 Å². The van der Waals surface area contributed by atoms with Gasteiger partial charge >= 0.3 is 0 Å². The lowest BCUT2D eigenvalue weighted by Crippen LogP contribution is -2.39. The maximum atomic E-state index is 9.04. The van der Waals surface area contributed by atoms with Crippen LogP contribution >= 0.6 is 11.6 Å². The van der Waals surface area contributed by atoms with Gasteiger partial charge in [0.25, 0.3) is 0 Å². The van der Waals surface area contributed by atoms with Crippen LogP contribution in [0.4, 0.5) is 5.82 Å². The van der Waals surface area contributed by atoms with Gasteiger partial charge in [0.05, 0.1) is 11.6 Å². The molecule has 0 aliphatic carbocycles. The van der Waals surface area contributed by atoms with Crippen LogP contribution in [0.3, 0.4) is 0 Å². The fraction of sp³-hybridized carbons (Fsp3) is 0.615. The molecule has 1 aliphatic heterocycles. The molecule has 2 rings (SSSR count). The second-order valence-corrected chi connectivity index (χ2v) is 5.57. The molecule has 3 nitrogen and oxygen atoms in total. The lowest BCUT2D eigenvalue weighted by Gasteiger charge is -2.36. The molecule has 94 valence electrons. The van der Waals surface area contributed by atoms with Gasteiger partial charge in [0.15, 0.2) is 0 Å². The number of nitrogens with zero attached hydrogens (tertiary/aromatic N) is 2. The average Bonchev–Trinajstić information content (AvgIpc) is 2.27. The maximum absolute atomic E-state index is 9.04. The van der Waals surface area contributed by atoms with Crippen LogP contribution in [0, 0.1) is 11.8 Å². The number of aliphatic hydroxyl groups excluding tert-OH is 1. The second kappa shape index (κ2) is 5.23. The van der Waals surface area contributed by atoms with E-state index in [4.69, 9.17) is 16.7 Å². The third-order valence-corrected chi connectivity index (χ3v) is 3.51. The van der Waals surface area contributed by atoms with Crippen LogP contribution in [0.15, 0.2) is 12.3 Å². The molecular weight excluding hydrogens is 236 g/mol. The fourth-order valence-electron chi connectivity index (χ4n) is 2.63. The van der Waals surface area contributed by atoms with Crippen LogP contribution in [0.25, 0.3) is 0 Å². The number of hydrogen-bond donors (Lipinski definition) is 1. The molecular formula is C13H19ClN2O. The highest BCUT2D eigenvalue weighted by molar-refractivity contribution is 6.33. The van der Waals surface area contributed by atoms with Crippen LogP contribution < -0.4 is 4.90 Å². The minimum atomic E-state index is -0.0141. The third kappa shape index (κ3) is 2.90. The van der Waals surface area contributed by atoms with Crippen molar-refractivity contribution >= 4 is 17.4 Å². The van der Waals surface area contributed by atoms with E-state index in [2.05, 4.69) is 23.7 Å². The van der Waals surface area contributed by atoms with Crippen LogP contribution in [0.1, 0.15) is 25.8 Å². The predicted molar refractivity (Wildman–Crippen MR) is 70.3 cm³/mol. The molecule has 0 spiro atoms. The molecule has 0 bridgehead atoms. The van der Waals surface area contributed by atoms with Gasteiger partial charge < -0.3 is 10.0 Å². The molecule has 1 fully saturated rings. The molecule has 0 saturated carbocycles. The smallest absolute Gasteiger partial charge is 0.147 e. The van der Waals surface area contributed by atoms with Crippen molar-refractivity contribution in [1.82, 2.24) is 4.98 Å². The van der Waals surface area contributed by atoms with Gasteiger partial charge in [0.1, 0.15) is 5.82 Å². The van der Waals surface area contributed by atoms with Gasteiger partial charge in [-0.3, -0.25) is 0 Å². The number of rotatable bonds is 2. The van der Waals surface area contributed by atoms with Crippen LogP contribution in [0.2, 0.25) is 5.02 Å². The molecule has 0 radical (unpaired) electrons. The summed E-state index contributed by atoms with van der Waals surface area (Å²) >= 11 is 6.22.